The molecule has 112 valence electrons. The molecule has 0 saturated heterocycles. The molecule has 7 heteroatoms. The molecule has 20 heavy (non-hydrogen) atoms. The molecular weight excluding hydrogens is 260 g/mol. The molecule has 1 N–H and O–H groups in total. The van der Waals surface area contributed by atoms with Gasteiger partial charge in [0.25, 0.3) is 0 Å². The van der Waals surface area contributed by atoms with Gasteiger partial charge in [-0.25, -0.2) is 9.48 Å². The number of carbonyl (C=O) groups excluding carboxylic acids is 2. The van der Waals surface area contributed by atoms with Gasteiger partial charge in [-0.05, 0) is 11.8 Å². The summed E-state index contributed by atoms with van der Waals surface area (Å²) in [5.41, 5.74) is 0.774. The van der Waals surface area contributed by atoms with E-state index in [0.717, 1.165) is 0 Å². The zero-order chi connectivity index (χ0) is 15.3. The molecule has 0 aliphatic carbocycles. The van der Waals surface area contributed by atoms with Crippen LogP contribution in [0.15, 0.2) is 0 Å². The van der Waals surface area contributed by atoms with Crippen molar-refractivity contribution < 1.29 is 14.3 Å². The maximum Gasteiger partial charge on any atom is 0.360 e. The molecule has 0 aliphatic rings. The zero-order valence-electron chi connectivity index (χ0n) is 12.6. The summed E-state index contributed by atoms with van der Waals surface area (Å²) in [5.74, 6) is -0.300. The number of hydrogen-bond donors (Lipinski definition) is 1. The summed E-state index contributed by atoms with van der Waals surface area (Å²) in [6, 6.07) is 0. The molecule has 0 aliphatic heterocycles. The normalized spacial score (nSPS) is 10.9. The maximum absolute atomic E-state index is 11.8. The summed E-state index contributed by atoms with van der Waals surface area (Å²) in [6.45, 7) is 8.51. The molecule has 0 aromatic carbocycles. The third kappa shape index (κ3) is 4.04. The number of methoxy groups -OCH3 is 1. The zero-order valence-corrected chi connectivity index (χ0v) is 12.6. The monoisotopic (exact) mass is 282 g/mol. The predicted octanol–water partition coefficient (Wildman–Crippen LogP) is 0.960. The van der Waals surface area contributed by atoms with Crippen LogP contribution in [-0.2, 0) is 16.1 Å². The number of hydrogen-bond acceptors (Lipinski definition) is 5. The Morgan fingerprint density at radius 1 is 1.30 bits per heavy atom. The van der Waals surface area contributed by atoms with Crippen molar-refractivity contribution >= 4 is 11.9 Å². The first-order chi connectivity index (χ1) is 9.36. The van der Waals surface area contributed by atoms with Crippen LogP contribution in [0.25, 0.3) is 0 Å². The third-order valence-corrected chi connectivity index (χ3v) is 2.70. The van der Waals surface area contributed by atoms with Crippen molar-refractivity contribution in [2.24, 2.45) is 5.92 Å². The molecule has 0 saturated carbocycles. The molecule has 1 aromatic heterocycles. The van der Waals surface area contributed by atoms with Gasteiger partial charge in [0, 0.05) is 6.54 Å². The van der Waals surface area contributed by atoms with Crippen LogP contribution in [-0.4, -0.2) is 40.5 Å². The highest BCUT2D eigenvalue weighted by molar-refractivity contribution is 5.88. The average molecular weight is 282 g/mol. The number of esters is 1. The lowest BCUT2D eigenvalue weighted by Crippen LogP contribution is -2.31. The van der Waals surface area contributed by atoms with Crippen LogP contribution in [0, 0.1) is 5.92 Å². The van der Waals surface area contributed by atoms with Crippen molar-refractivity contribution in [1.29, 1.82) is 0 Å². The van der Waals surface area contributed by atoms with E-state index < -0.39 is 5.97 Å². The third-order valence-electron chi connectivity index (χ3n) is 2.70. The SMILES string of the molecule is COC(=O)c1nnn(CC(=O)NCC(C)C)c1C(C)C. The van der Waals surface area contributed by atoms with E-state index in [1.54, 1.807) is 0 Å². The average Bonchev–Trinajstić information content (AvgIpc) is 2.79. The molecule has 1 heterocycles. The summed E-state index contributed by atoms with van der Waals surface area (Å²) in [5, 5.41) is 10.5. The minimum atomic E-state index is -0.539. The predicted molar refractivity (Wildman–Crippen MR) is 73.3 cm³/mol. The fourth-order valence-corrected chi connectivity index (χ4v) is 1.76. The van der Waals surface area contributed by atoms with Gasteiger partial charge in [0.1, 0.15) is 6.54 Å². The molecule has 0 bridgehead atoms. The Morgan fingerprint density at radius 2 is 1.95 bits per heavy atom. The van der Waals surface area contributed by atoms with E-state index in [0.29, 0.717) is 18.2 Å². The van der Waals surface area contributed by atoms with E-state index in [1.807, 2.05) is 27.7 Å². The molecule has 0 radical (unpaired) electrons. The summed E-state index contributed by atoms with van der Waals surface area (Å²) in [7, 11) is 1.29. The lowest BCUT2D eigenvalue weighted by molar-refractivity contribution is -0.122. The van der Waals surface area contributed by atoms with Crippen LogP contribution in [0.3, 0.4) is 0 Å². The van der Waals surface area contributed by atoms with Crippen LogP contribution < -0.4 is 5.32 Å². The van der Waals surface area contributed by atoms with Crippen molar-refractivity contribution in [2.45, 2.75) is 40.2 Å². The minimum absolute atomic E-state index is 0.0111. The highest BCUT2D eigenvalue weighted by Gasteiger charge is 2.23. The first kappa shape index (κ1) is 16.1. The van der Waals surface area contributed by atoms with E-state index >= 15 is 0 Å². The Morgan fingerprint density at radius 3 is 2.45 bits per heavy atom. The van der Waals surface area contributed by atoms with Crippen molar-refractivity contribution in [3.63, 3.8) is 0 Å². The number of nitrogens with one attached hydrogen (secondary N) is 1. The highest BCUT2D eigenvalue weighted by Crippen LogP contribution is 2.18. The standard InChI is InChI=1S/C13H22N4O3/c1-8(2)6-14-10(18)7-17-12(9(3)4)11(15-16-17)13(19)20-5/h8-9H,6-7H2,1-5H3,(H,14,18). The van der Waals surface area contributed by atoms with Crippen LogP contribution in [0.2, 0.25) is 0 Å². The molecule has 1 aromatic rings. The van der Waals surface area contributed by atoms with Crippen LogP contribution >= 0.6 is 0 Å². The van der Waals surface area contributed by atoms with Gasteiger partial charge in [-0.2, -0.15) is 0 Å². The number of amides is 1. The molecular formula is C13H22N4O3. The molecule has 1 rings (SSSR count). The van der Waals surface area contributed by atoms with Gasteiger partial charge in [0.15, 0.2) is 5.69 Å². The Bertz CT molecular complexity index is 480. The van der Waals surface area contributed by atoms with Gasteiger partial charge < -0.3 is 10.1 Å². The number of rotatable bonds is 6. The first-order valence-corrected chi connectivity index (χ1v) is 6.65. The second-order valence-electron chi connectivity index (χ2n) is 5.33. The Kier molecular flexibility index (Phi) is 5.66. The molecule has 0 atom stereocenters. The van der Waals surface area contributed by atoms with Crippen LogP contribution in [0.4, 0.5) is 0 Å². The van der Waals surface area contributed by atoms with Gasteiger partial charge >= 0.3 is 5.97 Å². The Labute approximate surface area is 118 Å². The minimum Gasteiger partial charge on any atom is -0.464 e. The Hall–Kier alpha value is -1.92. The fourth-order valence-electron chi connectivity index (χ4n) is 1.76. The lowest BCUT2D eigenvalue weighted by Gasteiger charge is -2.11. The van der Waals surface area contributed by atoms with Crippen molar-refractivity contribution in [1.82, 2.24) is 20.3 Å². The topological polar surface area (TPSA) is 86.1 Å². The summed E-state index contributed by atoms with van der Waals surface area (Å²) in [4.78, 5) is 23.4. The van der Waals surface area contributed by atoms with Crippen LogP contribution in [0.1, 0.15) is 49.8 Å². The maximum atomic E-state index is 11.8. The Balaban J connectivity index is 2.87. The smallest absolute Gasteiger partial charge is 0.360 e. The van der Waals surface area contributed by atoms with Crippen molar-refractivity contribution in [2.75, 3.05) is 13.7 Å². The summed E-state index contributed by atoms with van der Waals surface area (Å²) >= 11 is 0. The van der Waals surface area contributed by atoms with Gasteiger partial charge in [0.2, 0.25) is 5.91 Å². The summed E-state index contributed by atoms with van der Waals surface area (Å²) < 4.78 is 6.12. The van der Waals surface area contributed by atoms with Crippen molar-refractivity contribution in [3.05, 3.63) is 11.4 Å². The number of carbonyl (C=O) groups is 2. The van der Waals surface area contributed by atoms with Gasteiger partial charge in [-0.1, -0.05) is 32.9 Å². The van der Waals surface area contributed by atoms with Gasteiger partial charge in [-0.15, -0.1) is 5.10 Å². The molecule has 7 nitrogen and oxygen atoms in total. The second kappa shape index (κ2) is 7.02. The lowest BCUT2D eigenvalue weighted by atomic mass is 10.1. The second-order valence-corrected chi connectivity index (χ2v) is 5.33. The largest absolute Gasteiger partial charge is 0.464 e. The van der Waals surface area contributed by atoms with Crippen molar-refractivity contribution in [3.8, 4) is 0 Å². The molecule has 0 unspecified atom stereocenters. The highest BCUT2D eigenvalue weighted by atomic mass is 16.5. The molecule has 0 spiro atoms. The van der Waals surface area contributed by atoms with E-state index in [4.69, 9.17) is 0 Å². The number of nitrogens with zero attached hydrogens (tertiary/aromatic N) is 3. The summed E-state index contributed by atoms with van der Waals surface area (Å²) in [6.07, 6.45) is 0. The molecule has 1 amide bonds. The molecule has 0 fully saturated rings. The number of aromatic nitrogens is 3. The van der Waals surface area contributed by atoms with Crippen LogP contribution in [0.5, 0.6) is 0 Å². The quantitative estimate of drug-likeness (QED) is 0.785. The van der Waals surface area contributed by atoms with E-state index in [-0.39, 0.29) is 24.1 Å². The van der Waals surface area contributed by atoms with Gasteiger partial charge in [-0.3, -0.25) is 4.79 Å². The van der Waals surface area contributed by atoms with E-state index in [1.165, 1.54) is 11.8 Å². The fraction of sp³-hybridized carbons (Fsp3) is 0.692. The van der Waals surface area contributed by atoms with E-state index in [9.17, 15) is 9.59 Å². The first-order valence-electron chi connectivity index (χ1n) is 6.65. The van der Waals surface area contributed by atoms with Gasteiger partial charge in [0.05, 0.1) is 12.8 Å². The van der Waals surface area contributed by atoms with E-state index in [2.05, 4.69) is 20.4 Å². The number of ether oxygens (including phenoxy) is 1.